The fraction of sp³-hybridized carbons (Fsp3) is 0.414. The number of allylic oxidation sites excluding steroid dienone is 4. The Balaban J connectivity index is 1.79. The van der Waals surface area contributed by atoms with Crippen LogP contribution in [0.1, 0.15) is 66.2 Å². The molecule has 1 unspecified atom stereocenters. The second-order valence-electron chi connectivity index (χ2n) is 9.91. The van der Waals surface area contributed by atoms with Gasteiger partial charge in [0.25, 0.3) is 0 Å². The summed E-state index contributed by atoms with van der Waals surface area (Å²) in [6, 6.07) is 22.2. The summed E-state index contributed by atoms with van der Waals surface area (Å²) in [7, 11) is 0. The van der Waals surface area contributed by atoms with Gasteiger partial charge in [0.1, 0.15) is 0 Å². The first-order valence-electron chi connectivity index (χ1n) is 12.7. The molecule has 2 nitrogen and oxygen atoms in total. The van der Waals surface area contributed by atoms with Gasteiger partial charge in [-0.05, 0) is 0 Å². The normalized spacial score (nSPS) is 19.7. The second-order valence-corrected chi connectivity index (χ2v) is 19.7. The molecule has 2 aromatic carbocycles. The van der Waals surface area contributed by atoms with Gasteiger partial charge in [0, 0.05) is 0 Å². The maximum atomic E-state index is 13.8. The first kappa shape index (κ1) is 24.4. The van der Waals surface area contributed by atoms with Crippen LogP contribution in [0, 0.1) is 11.8 Å². The van der Waals surface area contributed by atoms with Gasteiger partial charge >= 0.3 is 208 Å². The van der Waals surface area contributed by atoms with E-state index in [4.69, 9.17) is 0 Å². The molecular formula is C29H38NOSiTi. The Morgan fingerprint density at radius 3 is 1.79 bits per heavy atom. The summed E-state index contributed by atoms with van der Waals surface area (Å²) < 4.78 is 5.47. The second kappa shape index (κ2) is 11.2. The first-order chi connectivity index (χ1) is 16.0. The molecule has 2 aliphatic rings. The molecular weight excluding hydrogens is 454 g/mol. The predicted molar refractivity (Wildman–Crippen MR) is 139 cm³/mol. The van der Waals surface area contributed by atoms with Crippen LogP contribution in [0.4, 0.5) is 0 Å². The molecule has 33 heavy (non-hydrogen) atoms. The Morgan fingerprint density at radius 1 is 0.818 bits per heavy atom. The standard InChI is InChI=1S/C12H11Si.C9H13.C8H15NO.Ti/c1-3-7-11(8-4-1)13-12-9-5-2-6-10-12;1-6-5-7(2)9(4)8(6)3;9-8(10)7-5-3-1-2-4-6-7;/h1-10,13H;6H,1-4H3;7H,1-6H2,(H2,9,10);/q;;;+1/p-1. The van der Waals surface area contributed by atoms with Crippen LogP contribution in [0.15, 0.2) is 81.3 Å². The van der Waals surface area contributed by atoms with Crippen LogP contribution in [0.2, 0.25) is 0 Å². The van der Waals surface area contributed by atoms with Crippen molar-refractivity contribution in [2.24, 2.45) is 11.8 Å². The fourth-order valence-electron chi connectivity index (χ4n) is 5.69. The Hall–Kier alpha value is -1.68. The van der Waals surface area contributed by atoms with Crippen molar-refractivity contribution >= 4 is 22.9 Å². The molecule has 2 aliphatic carbocycles. The number of nitrogens with one attached hydrogen (secondary N) is 1. The Labute approximate surface area is 207 Å². The van der Waals surface area contributed by atoms with E-state index in [-0.39, 0.29) is 5.92 Å². The zero-order valence-electron chi connectivity index (χ0n) is 20.7. The molecule has 1 N–H and O–H groups in total. The molecule has 0 radical (unpaired) electrons. The Morgan fingerprint density at radius 2 is 1.33 bits per heavy atom. The van der Waals surface area contributed by atoms with Crippen LogP contribution in [0.5, 0.6) is 0 Å². The predicted octanol–water partition coefficient (Wildman–Crippen LogP) is 5.40. The molecule has 4 rings (SSSR count). The molecule has 1 atom stereocenters. The Kier molecular flexibility index (Phi) is 8.27. The van der Waals surface area contributed by atoms with Gasteiger partial charge in [0.2, 0.25) is 0 Å². The van der Waals surface area contributed by atoms with Crippen molar-refractivity contribution in [3.05, 3.63) is 81.3 Å². The molecule has 0 aromatic heterocycles. The van der Waals surface area contributed by atoms with Crippen molar-refractivity contribution in [1.82, 2.24) is 3.80 Å². The van der Waals surface area contributed by atoms with E-state index in [1.165, 1.54) is 52.8 Å². The van der Waals surface area contributed by atoms with Crippen molar-refractivity contribution in [2.75, 3.05) is 0 Å². The minimum atomic E-state index is -2.19. The number of benzene rings is 2. The third-order valence-electron chi connectivity index (χ3n) is 7.97. The number of hydrogen-bond acceptors (Lipinski definition) is 1. The van der Waals surface area contributed by atoms with Crippen molar-refractivity contribution in [3.8, 4) is 0 Å². The number of amides is 1. The maximum absolute atomic E-state index is 13.8. The summed E-state index contributed by atoms with van der Waals surface area (Å²) >= 11 is -2.19. The van der Waals surface area contributed by atoms with E-state index in [1.807, 2.05) is 0 Å². The summed E-state index contributed by atoms with van der Waals surface area (Å²) in [5.41, 5.74) is 4.39. The summed E-state index contributed by atoms with van der Waals surface area (Å²) in [4.78, 5) is 13.8. The average Bonchev–Trinajstić information content (AvgIpc) is 3.05. The van der Waals surface area contributed by atoms with Crippen molar-refractivity contribution < 1.29 is 22.2 Å². The van der Waals surface area contributed by atoms with Crippen molar-refractivity contribution in [3.63, 3.8) is 0 Å². The summed E-state index contributed by atoms with van der Waals surface area (Å²) in [6.07, 6.45) is 7.07. The molecule has 0 saturated heterocycles. The van der Waals surface area contributed by atoms with E-state index < -0.39 is 24.0 Å². The SMILES string of the molecule is CC1=C(C)C(C)[C]([Ti]([NH]C(=O)C2CCCCCC2)[SiH](c2ccccc2)c2ccccc2)=C1C. The first-order valence-corrected chi connectivity index (χ1v) is 18.6. The molecule has 0 bridgehead atoms. The molecule has 0 spiro atoms. The van der Waals surface area contributed by atoms with Gasteiger partial charge in [-0.3, -0.25) is 0 Å². The molecule has 2 aromatic rings. The van der Waals surface area contributed by atoms with E-state index in [1.54, 1.807) is 3.88 Å². The van der Waals surface area contributed by atoms with Crippen LogP contribution < -0.4 is 14.2 Å². The van der Waals surface area contributed by atoms with Gasteiger partial charge in [-0.2, -0.15) is 0 Å². The molecule has 0 heterocycles. The topological polar surface area (TPSA) is 29.1 Å². The van der Waals surface area contributed by atoms with E-state index >= 15 is 0 Å². The van der Waals surface area contributed by atoms with Crippen LogP contribution >= 0.6 is 0 Å². The van der Waals surface area contributed by atoms with Crippen LogP contribution in [-0.4, -0.2) is 12.6 Å². The van der Waals surface area contributed by atoms with Crippen molar-refractivity contribution in [1.29, 1.82) is 0 Å². The molecule has 1 amide bonds. The number of carbonyl (C=O) groups excluding carboxylic acids is 1. The number of hydrogen-bond donors (Lipinski definition) is 1. The third-order valence-corrected chi connectivity index (χ3v) is 21.3. The van der Waals surface area contributed by atoms with E-state index in [2.05, 4.69) is 92.2 Å². The number of rotatable bonds is 6. The Bertz CT molecular complexity index is 983. The van der Waals surface area contributed by atoms with E-state index in [0.717, 1.165) is 12.8 Å². The van der Waals surface area contributed by atoms with Crippen LogP contribution in [0.3, 0.4) is 0 Å². The van der Waals surface area contributed by atoms with Crippen LogP contribution in [0.25, 0.3) is 0 Å². The van der Waals surface area contributed by atoms with E-state index in [0.29, 0.717) is 11.8 Å². The fourth-order valence-corrected chi connectivity index (χ4v) is 20.9. The van der Waals surface area contributed by atoms with Gasteiger partial charge in [-0.1, -0.05) is 0 Å². The average molecular weight is 493 g/mol. The van der Waals surface area contributed by atoms with Gasteiger partial charge in [-0.25, -0.2) is 0 Å². The summed E-state index contributed by atoms with van der Waals surface area (Å²) in [6.45, 7) is 7.63. The molecule has 173 valence electrons. The van der Waals surface area contributed by atoms with Gasteiger partial charge in [0.05, 0.1) is 0 Å². The molecule has 1 saturated carbocycles. The molecule has 0 aliphatic heterocycles. The zero-order chi connectivity index (χ0) is 23.4. The minimum absolute atomic E-state index is 0.198. The quantitative estimate of drug-likeness (QED) is 0.424. The summed E-state index contributed by atoms with van der Waals surface area (Å²) in [5.74, 6) is 0.992. The number of carbonyl (C=O) groups is 1. The monoisotopic (exact) mass is 492 g/mol. The van der Waals surface area contributed by atoms with Gasteiger partial charge in [-0.15, -0.1) is 0 Å². The van der Waals surface area contributed by atoms with Gasteiger partial charge in [0.15, 0.2) is 0 Å². The summed E-state index contributed by atoms with van der Waals surface area (Å²) in [5, 5.41) is 2.93. The van der Waals surface area contributed by atoms with Crippen molar-refractivity contribution in [2.45, 2.75) is 66.2 Å². The molecule has 1 fully saturated rings. The van der Waals surface area contributed by atoms with Crippen LogP contribution in [-0.2, 0) is 22.2 Å². The third kappa shape index (κ3) is 5.37. The van der Waals surface area contributed by atoms with E-state index in [9.17, 15) is 4.79 Å². The van der Waals surface area contributed by atoms with Gasteiger partial charge < -0.3 is 0 Å². The zero-order valence-corrected chi connectivity index (χ0v) is 23.4. The molecule has 4 heteroatoms.